The minimum absolute atomic E-state index is 0.0438. The summed E-state index contributed by atoms with van der Waals surface area (Å²) in [4.78, 5) is 26.3. The number of aryl methyl sites for hydroxylation is 2. The Morgan fingerprint density at radius 3 is 2.32 bits per heavy atom. The highest BCUT2D eigenvalue weighted by atomic mass is 35.5. The van der Waals surface area contributed by atoms with Gasteiger partial charge in [0.05, 0.1) is 10.7 Å². The van der Waals surface area contributed by atoms with Crippen molar-refractivity contribution in [3.05, 3.63) is 28.3 Å². The highest BCUT2D eigenvalue weighted by Crippen LogP contribution is 2.29. The van der Waals surface area contributed by atoms with Gasteiger partial charge in [0.15, 0.2) is 0 Å². The number of amides is 2. The van der Waals surface area contributed by atoms with Crippen LogP contribution in [0.25, 0.3) is 0 Å². The van der Waals surface area contributed by atoms with Crippen LogP contribution >= 0.6 is 11.6 Å². The van der Waals surface area contributed by atoms with Crippen molar-refractivity contribution in [2.45, 2.75) is 53.1 Å². The van der Waals surface area contributed by atoms with Gasteiger partial charge in [-0.05, 0) is 64.7 Å². The third-order valence-electron chi connectivity index (χ3n) is 4.20. The Morgan fingerprint density at radius 2 is 1.80 bits per heavy atom. The molecule has 6 heteroatoms. The van der Waals surface area contributed by atoms with Gasteiger partial charge in [0, 0.05) is 19.0 Å². The van der Waals surface area contributed by atoms with Crippen molar-refractivity contribution < 1.29 is 14.3 Å². The van der Waals surface area contributed by atoms with Gasteiger partial charge >= 0.3 is 6.09 Å². The van der Waals surface area contributed by atoms with Crippen LogP contribution in [0.15, 0.2) is 12.1 Å². The molecule has 0 aliphatic carbocycles. The minimum Gasteiger partial charge on any atom is -0.444 e. The summed E-state index contributed by atoms with van der Waals surface area (Å²) in [6, 6.07) is 3.84. The van der Waals surface area contributed by atoms with Crippen molar-refractivity contribution in [3.63, 3.8) is 0 Å². The average molecular weight is 367 g/mol. The van der Waals surface area contributed by atoms with Gasteiger partial charge in [-0.3, -0.25) is 4.79 Å². The summed E-state index contributed by atoms with van der Waals surface area (Å²) in [6.07, 6.45) is 0.921. The fourth-order valence-electron chi connectivity index (χ4n) is 2.95. The average Bonchev–Trinajstić information content (AvgIpc) is 2.49. The molecule has 5 nitrogen and oxygen atoms in total. The van der Waals surface area contributed by atoms with Crippen LogP contribution in [0.3, 0.4) is 0 Å². The SMILES string of the molecule is Cc1cc(C)c(NC(=O)C2CCN(C(=O)OC(C)(C)C)CC2)c(Cl)c1. The van der Waals surface area contributed by atoms with E-state index in [0.29, 0.717) is 36.6 Å². The summed E-state index contributed by atoms with van der Waals surface area (Å²) in [6.45, 7) is 10.5. The third-order valence-corrected chi connectivity index (χ3v) is 4.50. The van der Waals surface area contributed by atoms with Crippen LogP contribution in [0.1, 0.15) is 44.7 Å². The van der Waals surface area contributed by atoms with Crippen LogP contribution in [0.2, 0.25) is 5.02 Å². The van der Waals surface area contributed by atoms with Crippen molar-refractivity contribution in [3.8, 4) is 0 Å². The molecule has 1 fully saturated rings. The van der Waals surface area contributed by atoms with Gasteiger partial charge in [0.25, 0.3) is 0 Å². The Bertz CT molecular complexity index is 636. The Hall–Kier alpha value is -1.75. The molecule has 1 heterocycles. The van der Waals surface area contributed by atoms with Crippen molar-refractivity contribution in [2.75, 3.05) is 18.4 Å². The van der Waals surface area contributed by atoms with Gasteiger partial charge in [0.1, 0.15) is 5.60 Å². The quantitative estimate of drug-likeness (QED) is 0.835. The number of ether oxygens (including phenoxy) is 1. The zero-order valence-corrected chi connectivity index (χ0v) is 16.4. The first kappa shape index (κ1) is 19.6. The summed E-state index contributed by atoms with van der Waals surface area (Å²) in [5.74, 6) is -0.173. The first-order chi connectivity index (χ1) is 11.6. The van der Waals surface area contributed by atoms with Gasteiger partial charge in [-0.15, -0.1) is 0 Å². The fourth-order valence-corrected chi connectivity index (χ4v) is 3.32. The fraction of sp³-hybridized carbons (Fsp3) is 0.579. The standard InChI is InChI=1S/C19H27ClN2O3/c1-12-10-13(2)16(15(20)11-12)21-17(23)14-6-8-22(9-7-14)18(24)25-19(3,4)5/h10-11,14H,6-9H2,1-5H3,(H,21,23). The van der Waals surface area contributed by atoms with Crippen LogP contribution in [0.5, 0.6) is 0 Å². The van der Waals surface area contributed by atoms with E-state index in [0.717, 1.165) is 11.1 Å². The first-order valence-corrected chi connectivity index (χ1v) is 9.00. The summed E-state index contributed by atoms with van der Waals surface area (Å²) >= 11 is 6.26. The van der Waals surface area contributed by atoms with Gasteiger partial charge in [-0.2, -0.15) is 0 Å². The van der Waals surface area contributed by atoms with E-state index in [2.05, 4.69) is 5.32 Å². The molecular formula is C19H27ClN2O3. The third kappa shape index (κ3) is 5.36. The smallest absolute Gasteiger partial charge is 0.410 e. The zero-order chi connectivity index (χ0) is 18.8. The Kier molecular flexibility index (Phi) is 5.99. The molecule has 0 saturated carbocycles. The summed E-state index contributed by atoms with van der Waals surface area (Å²) < 4.78 is 5.38. The van der Waals surface area contributed by atoms with Gasteiger partial charge < -0.3 is 15.0 Å². The maximum Gasteiger partial charge on any atom is 0.410 e. The largest absolute Gasteiger partial charge is 0.444 e. The Balaban J connectivity index is 1.93. The highest BCUT2D eigenvalue weighted by molar-refractivity contribution is 6.34. The molecule has 2 amide bonds. The monoisotopic (exact) mass is 366 g/mol. The molecule has 0 unspecified atom stereocenters. The van der Waals surface area contributed by atoms with E-state index in [9.17, 15) is 9.59 Å². The second-order valence-corrected chi connectivity index (χ2v) is 8.08. The number of likely N-dealkylation sites (tertiary alicyclic amines) is 1. The van der Waals surface area contributed by atoms with Crippen molar-refractivity contribution in [1.82, 2.24) is 4.90 Å². The number of carbonyl (C=O) groups is 2. The van der Waals surface area contributed by atoms with Crippen LogP contribution in [-0.2, 0) is 9.53 Å². The molecule has 0 spiro atoms. The lowest BCUT2D eigenvalue weighted by Gasteiger charge is -2.33. The second-order valence-electron chi connectivity index (χ2n) is 7.67. The molecule has 1 N–H and O–H groups in total. The van der Waals surface area contributed by atoms with E-state index >= 15 is 0 Å². The topological polar surface area (TPSA) is 58.6 Å². The highest BCUT2D eigenvalue weighted by Gasteiger charge is 2.30. The molecule has 0 aromatic heterocycles. The van der Waals surface area contributed by atoms with E-state index < -0.39 is 5.60 Å². The number of piperidine rings is 1. The van der Waals surface area contributed by atoms with E-state index in [-0.39, 0.29) is 17.9 Å². The molecular weight excluding hydrogens is 340 g/mol. The number of benzene rings is 1. The molecule has 0 bridgehead atoms. The van der Waals surface area contributed by atoms with Crippen molar-refractivity contribution in [1.29, 1.82) is 0 Å². The molecule has 2 rings (SSSR count). The van der Waals surface area contributed by atoms with Crippen molar-refractivity contribution in [2.24, 2.45) is 5.92 Å². The Labute approximate surface area is 154 Å². The molecule has 25 heavy (non-hydrogen) atoms. The number of rotatable bonds is 2. The number of carbonyl (C=O) groups excluding carboxylic acids is 2. The van der Waals surface area contributed by atoms with Crippen LogP contribution in [0, 0.1) is 19.8 Å². The van der Waals surface area contributed by atoms with E-state index in [4.69, 9.17) is 16.3 Å². The maximum absolute atomic E-state index is 12.6. The zero-order valence-electron chi connectivity index (χ0n) is 15.6. The molecule has 1 aliphatic heterocycles. The predicted octanol–water partition coefficient (Wildman–Crippen LogP) is 4.54. The number of halogens is 1. The van der Waals surface area contributed by atoms with E-state index in [1.165, 1.54) is 0 Å². The van der Waals surface area contributed by atoms with Crippen LogP contribution in [0.4, 0.5) is 10.5 Å². The number of nitrogens with one attached hydrogen (secondary N) is 1. The lowest BCUT2D eigenvalue weighted by atomic mass is 9.96. The maximum atomic E-state index is 12.6. The molecule has 0 radical (unpaired) electrons. The first-order valence-electron chi connectivity index (χ1n) is 8.62. The van der Waals surface area contributed by atoms with Crippen LogP contribution in [-0.4, -0.2) is 35.6 Å². The minimum atomic E-state index is -0.509. The van der Waals surface area contributed by atoms with Crippen molar-refractivity contribution >= 4 is 29.3 Å². The Morgan fingerprint density at radius 1 is 1.20 bits per heavy atom. The van der Waals surface area contributed by atoms with Gasteiger partial charge in [0.2, 0.25) is 5.91 Å². The predicted molar refractivity (Wildman–Crippen MR) is 100 cm³/mol. The lowest BCUT2D eigenvalue weighted by molar-refractivity contribution is -0.121. The molecule has 138 valence electrons. The number of hydrogen-bond donors (Lipinski definition) is 1. The second kappa shape index (κ2) is 7.65. The van der Waals surface area contributed by atoms with E-state index in [1.54, 1.807) is 4.90 Å². The summed E-state index contributed by atoms with van der Waals surface area (Å²) in [5, 5.41) is 3.50. The molecule has 1 aromatic rings. The summed E-state index contributed by atoms with van der Waals surface area (Å²) in [7, 11) is 0. The lowest BCUT2D eigenvalue weighted by Crippen LogP contribution is -2.43. The van der Waals surface area contributed by atoms with Gasteiger partial charge in [-0.25, -0.2) is 4.79 Å². The normalized spacial score (nSPS) is 15.8. The number of nitrogens with zero attached hydrogens (tertiary/aromatic N) is 1. The van der Waals surface area contributed by atoms with Gasteiger partial charge in [-0.1, -0.05) is 17.7 Å². The summed E-state index contributed by atoms with van der Waals surface area (Å²) in [5.41, 5.74) is 2.17. The number of hydrogen-bond acceptors (Lipinski definition) is 3. The molecule has 1 aromatic carbocycles. The molecule has 0 atom stereocenters. The van der Waals surface area contributed by atoms with E-state index in [1.807, 2.05) is 46.8 Å². The molecule has 1 saturated heterocycles. The number of anilines is 1. The molecule has 1 aliphatic rings. The van der Waals surface area contributed by atoms with Crippen LogP contribution < -0.4 is 5.32 Å².